The lowest BCUT2D eigenvalue weighted by atomic mass is 9.96. The molecule has 1 aromatic heterocycles. The number of aliphatic hydroxyl groups is 1. The summed E-state index contributed by atoms with van der Waals surface area (Å²) in [7, 11) is 0. The average molecular weight is 306 g/mol. The van der Waals surface area contributed by atoms with Crippen molar-refractivity contribution in [2.75, 3.05) is 0 Å². The summed E-state index contributed by atoms with van der Waals surface area (Å²) < 4.78 is 6.84. The Kier molecular flexibility index (Phi) is 3.06. The average Bonchev–Trinajstić information content (AvgIpc) is 2.39. The highest BCUT2D eigenvalue weighted by Crippen LogP contribution is 2.40. The second-order valence-corrected chi connectivity index (χ2v) is 5.25. The molecule has 1 aliphatic rings. The highest BCUT2D eigenvalue weighted by Gasteiger charge is 2.27. The van der Waals surface area contributed by atoms with E-state index in [9.17, 15) is 5.11 Å². The van der Waals surface area contributed by atoms with Crippen molar-refractivity contribution in [3.05, 3.63) is 58.3 Å². The zero-order valence-electron chi connectivity index (χ0n) is 9.58. The van der Waals surface area contributed by atoms with E-state index in [4.69, 9.17) is 4.74 Å². The van der Waals surface area contributed by atoms with E-state index < -0.39 is 6.10 Å². The van der Waals surface area contributed by atoms with Crippen molar-refractivity contribution in [1.29, 1.82) is 0 Å². The highest BCUT2D eigenvalue weighted by molar-refractivity contribution is 9.10. The number of nitrogens with zero attached hydrogens (tertiary/aromatic N) is 1. The van der Waals surface area contributed by atoms with Crippen molar-refractivity contribution in [3.8, 4) is 5.75 Å². The van der Waals surface area contributed by atoms with Crippen molar-refractivity contribution < 1.29 is 9.84 Å². The Morgan fingerprint density at radius 2 is 2.11 bits per heavy atom. The topological polar surface area (TPSA) is 42.4 Å². The first kappa shape index (κ1) is 11.7. The summed E-state index contributed by atoms with van der Waals surface area (Å²) in [5.41, 5.74) is 1.83. The second kappa shape index (κ2) is 4.71. The van der Waals surface area contributed by atoms with Crippen molar-refractivity contribution in [2.24, 2.45) is 0 Å². The molecule has 2 atom stereocenters. The lowest BCUT2D eigenvalue weighted by molar-refractivity contribution is 0.0655. The van der Waals surface area contributed by atoms with E-state index in [0.29, 0.717) is 6.42 Å². The molecule has 3 nitrogen and oxygen atoms in total. The van der Waals surface area contributed by atoms with E-state index in [1.807, 2.05) is 30.3 Å². The molecule has 2 heterocycles. The monoisotopic (exact) mass is 305 g/mol. The summed E-state index contributed by atoms with van der Waals surface area (Å²) in [4.78, 5) is 4.13. The summed E-state index contributed by atoms with van der Waals surface area (Å²) in [6, 6.07) is 9.57. The van der Waals surface area contributed by atoms with Crippen LogP contribution in [0.2, 0.25) is 0 Å². The first-order chi connectivity index (χ1) is 8.74. The zero-order valence-corrected chi connectivity index (χ0v) is 11.2. The van der Waals surface area contributed by atoms with Gasteiger partial charge in [-0.15, -0.1) is 0 Å². The number of ether oxygens (including phenoxy) is 1. The number of pyridine rings is 1. The SMILES string of the molecule is O[C@@H]1CC(c2cncc(Br)c2)Oc2ccccc21. The molecule has 0 saturated carbocycles. The first-order valence-electron chi connectivity index (χ1n) is 5.78. The van der Waals surface area contributed by atoms with Crippen molar-refractivity contribution in [3.63, 3.8) is 0 Å². The van der Waals surface area contributed by atoms with Crippen LogP contribution in [0.25, 0.3) is 0 Å². The summed E-state index contributed by atoms with van der Waals surface area (Å²) in [5, 5.41) is 10.2. The number of halogens is 1. The van der Waals surface area contributed by atoms with Crippen LogP contribution < -0.4 is 4.74 Å². The Bertz CT molecular complexity index is 573. The molecule has 3 rings (SSSR count). The van der Waals surface area contributed by atoms with Crippen LogP contribution in [-0.4, -0.2) is 10.1 Å². The lowest BCUT2D eigenvalue weighted by Gasteiger charge is -2.29. The number of aliphatic hydroxyl groups excluding tert-OH is 1. The Morgan fingerprint density at radius 3 is 2.94 bits per heavy atom. The van der Waals surface area contributed by atoms with Gasteiger partial charge in [0.2, 0.25) is 0 Å². The highest BCUT2D eigenvalue weighted by atomic mass is 79.9. The van der Waals surface area contributed by atoms with Gasteiger partial charge in [-0.1, -0.05) is 18.2 Å². The minimum atomic E-state index is -0.487. The molecular weight excluding hydrogens is 294 g/mol. The number of para-hydroxylation sites is 1. The maximum Gasteiger partial charge on any atom is 0.128 e. The van der Waals surface area contributed by atoms with Gasteiger partial charge in [0.05, 0.1) is 6.10 Å². The number of hydrogen-bond acceptors (Lipinski definition) is 3. The van der Waals surface area contributed by atoms with Crippen LogP contribution >= 0.6 is 15.9 Å². The minimum absolute atomic E-state index is 0.153. The van der Waals surface area contributed by atoms with Crippen molar-refractivity contribution in [2.45, 2.75) is 18.6 Å². The van der Waals surface area contributed by atoms with E-state index in [-0.39, 0.29) is 6.10 Å². The zero-order chi connectivity index (χ0) is 12.5. The summed E-state index contributed by atoms with van der Waals surface area (Å²) >= 11 is 3.40. The normalized spacial score (nSPS) is 22.1. The smallest absolute Gasteiger partial charge is 0.128 e. The number of fused-ring (bicyclic) bond motifs is 1. The van der Waals surface area contributed by atoms with Gasteiger partial charge >= 0.3 is 0 Å². The largest absolute Gasteiger partial charge is 0.485 e. The Balaban J connectivity index is 1.94. The fourth-order valence-electron chi connectivity index (χ4n) is 2.20. The van der Waals surface area contributed by atoms with E-state index in [1.165, 1.54) is 0 Å². The molecule has 0 amide bonds. The lowest BCUT2D eigenvalue weighted by Crippen LogP contribution is -2.19. The molecule has 1 aliphatic heterocycles. The van der Waals surface area contributed by atoms with E-state index in [2.05, 4.69) is 20.9 Å². The van der Waals surface area contributed by atoms with E-state index in [1.54, 1.807) is 12.4 Å². The third-order valence-corrected chi connectivity index (χ3v) is 3.52. The molecular formula is C14H12BrNO2. The molecule has 2 aromatic rings. The Morgan fingerprint density at radius 1 is 1.28 bits per heavy atom. The number of benzene rings is 1. The van der Waals surface area contributed by atoms with Crippen LogP contribution in [0.4, 0.5) is 0 Å². The first-order valence-corrected chi connectivity index (χ1v) is 6.57. The third-order valence-electron chi connectivity index (χ3n) is 3.08. The van der Waals surface area contributed by atoms with Crippen LogP contribution in [0.3, 0.4) is 0 Å². The van der Waals surface area contributed by atoms with Crippen molar-refractivity contribution >= 4 is 15.9 Å². The Hall–Kier alpha value is -1.39. The van der Waals surface area contributed by atoms with Gasteiger partial charge in [0.25, 0.3) is 0 Å². The molecule has 0 aliphatic carbocycles. The van der Waals surface area contributed by atoms with Crippen molar-refractivity contribution in [1.82, 2.24) is 4.98 Å². The molecule has 1 unspecified atom stereocenters. The number of rotatable bonds is 1. The fraction of sp³-hybridized carbons (Fsp3) is 0.214. The molecule has 92 valence electrons. The summed E-state index contributed by atoms with van der Waals surface area (Å²) in [5.74, 6) is 0.751. The van der Waals surface area contributed by atoms with E-state index >= 15 is 0 Å². The molecule has 0 radical (unpaired) electrons. The van der Waals surface area contributed by atoms with Gasteiger partial charge in [0.1, 0.15) is 11.9 Å². The van der Waals surface area contributed by atoms with Gasteiger partial charge in [-0.25, -0.2) is 0 Å². The van der Waals surface area contributed by atoms with Crippen LogP contribution in [-0.2, 0) is 0 Å². The molecule has 4 heteroatoms. The van der Waals surface area contributed by atoms with Gasteiger partial charge < -0.3 is 9.84 Å². The van der Waals surface area contributed by atoms with Crippen LogP contribution in [0.5, 0.6) is 5.75 Å². The fourth-order valence-corrected chi connectivity index (χ4v) is 2.59. The Labute approximate surface area is 114 Å². The van der Waals surface area contributed by atoms with Gasteiger partial charge in [-0.3, -0.25) is 4.98 Å². The van der Waals surface area contributed by atoms with Crippen LogP contribution in [0, 0.1) is 0 Å². The maximum atomic E-state index is 10.2. The maximum absolute atomic E-state index is 10.2. The second-order valence-electron chi connectivity index (χ2n) is 4.33. The predicted molar refractivity (Wildman–Crippen MR) is 71.3 cm³/mol. The molecule has 0 saturated heterocycles. The minimum Gasteiger partial charge on any atom is -0.485 e. The number of hydrogen-bond donors (Lipinski definition) is 1. The molecule has 0 spiro atoms. The molecule has 18 heavy (non-hydrogen) atoms. The van der Waals surface area contributed by atoms with Gasteiger partial charge in [-0.2, -0.15) is 0 Å². The van der Waals surface area contributed by atoms with Crippen LogP contribution in [0.1, 0.15) is 29.8 Å². The predicted octanol–water partition coefficient (Wildman–Crippen LogP) is 3.40. The molecule has 0 bridgehead atoms. The summed E-state index contributed by atoms with van der Waals surface area (Å²) in [6.07, 6.45) is 3.42. The molecule has 1 N–H and O–H groups in total. The van der Waals surface area contributed by atoms with Crippen LogP contribution in [0.15, 0.2) is 47.2 Å². The van der Waals surface area contributed by atoms with Gasteiger partial charge in [0, 0.05) is 34.4 Å². The van der Waals surface area contributed by atoms with Gasteiger partial charge in [-0.05, 0) is 28.1 Å². The molecule has 0 fully saturated rings. The standard InChI is InChI=1S/C14H12BrNO2/c15-10-5-9(7-16-8-10)14-6-12(17)11-3-1-2-4-13(11)18-14/h1-5,7-8,12,14,17H,6H2/t12-,14?/m1/s1. The third kappa shape index (κ3) is 2.13. The summed E-state index contributed by atoms with van der Waals surface area (Å²) in [6.45, 7) is 0. The van der Waals surface area contributed by atoms with Gasteiger partial charge in [0.15, 0.2) is 0 Å². The molecule has 1 aromatic carbocycles. The quantitative estimate of drug-likeness (QED) is 0.878. The number of aromatic nitrogens is 1. The van der Waals surface area contributed by atoms with E-state index in [0.717, 1.165) is 21.3 Å².